The van der Waals surface area contributed by atoms with Crippen molar-refractivity contribution in [3.8, 4) is 0 Å². The molecule has 0 unspecified atom stereocenters. The Kier molecular flexibility index (Phi) is 5.74. The molecule has 0 spiro atoms. The number of nitrogens with zero attached hydrogens (tertiary/aromatic N) is 1. The molecule has 0 heterocycles. The Labute approximate surface area is 121 Å². The second-order valence-electron chi connectivity index (χ2n) is 5.58. The fourth-order valence-corrected chi connectivity index (χ4v) is 3.61. The van der Waals surface area contributed by atoms with Gasteiger partial charge >= 0.3 is 0 Å². The minimum atomic E-state index is 0.367. The zero-order valence-electron chi connectivity index (χ0n) is 12.0. The molecule has 1 aromatic rings. The second kappa shape index (κ2) is 7.32. The van der Waals surface area contributed by atoms with Gasteiger partial charge in [-0.2, -0.15) is 0 Å². The second-order valence-corrected chi connectivity index (χ2v) is 6.43. The predicted molar refractivity (Wildman–Crippen MR) is 82.5 cm³/mol. The average molecular weight is 279 g/mol. The van der Waals surface area contributed by atoms with Crippen LogP contribution >= 0.6 is 11.8 Å². The van der Waals surface area contributed by atoms with Gasteiger partial charge in [0.1, 0.15) is 0 Å². The molecule has 0 radical (unpaired) electrons. The van der Waals surface area contributed by atoms with Gasteiger partial charge in [-0.3, -0.25) is 4.90 Å². The lowest BCUT2D eigenvalue weighted by atomic mass is 9.86. The summed E-state index contributed by atoms with van der Waals surface area (Å²) in [6.07, 6.45) is 6.95. The van der Waals surface area contributed by atoms with E-state index in [0.717, 1.165) is 6.54 Å². The molecule has 1 aliphatic carbocycles. The van der Waals surface area contributed by atoms with Crippen molar-refractivity contribution in [3.63, 3.8) is 0 Å². The first-order valence-corrected chi connectivity index (χ1v) is 8.40. The minimum Gasteiger partial charge on any atom is -0.396 e. The van der Waals surface area contributed by atoms with Crippen LogP contribution in [0, 0.1) is 5.92 Å². The topological polar surface area (TPSA) is 23.5 Å². The smallest absolute Gasteiger partial charge is 0.0459 e. The molecule has 106 valence electrons. The van der Waals surface area contributed by atoms with Crippen LogP contribution in [-0.2, 0) is 6.54 Å². The number of benzene rings is 1. The molecule has 2 rings (SSSR count). The molecule has 0 bridgehead atoms. The minimum absolute atomic E-state index is 0.367. The highest BCUT2D eigenvalue weighted by molar-refractivity contribution is 7.98. The molecule has 0 amide bonds. The monoisotopic (exact) mass is 279 g/mol. The van der Waals surface area contributed by atoms with E-state index in [4.69, 9.17) is 0 Å². The molecule has 0 atom stereocenters. The molecule has 3 heteroatoms. The standard InChI is InChI=1S/C16H25NOS/c1-17(15-9-7-13(12-18)8-10-15)11-14-5-3-4-6-16(14)19-2/h3-6,13,15,18H,7-12H2,1-2H3. The van der Waals surface area contributed by atoms with Gasteiger partial charge in [-0.15, -0.1) is 11.8 Å². The van der Waals surface area contributed by atoms with Gasteiger partial charge in [-0.1, -0.05) is 18.2 Å². The highest BCUT2D eigenvalue weighted by Crippen LogP contribution is 2.28. The Morgan fingerprint density at radius 3 is 2.53 bits per heavy atom. The van der Waals surface area contributed by atoms with Gasteiger partial charge in [0.15, 0.2) is 0 Å². The zero-order valence-corrected chi connectivity index (χ0v) is 12.8. The fourth-order valence-electron chi connectivity index (χ4n) is 3.00. The lowest BCUT2D eigenvalue weighted by Gasteiger charge is -2.34. The molecular formula is C16H25NOS. The summed E-state index contributed by atoms with van der Waals surface area (Å²) in [5, 5.41) is 9.20. The number of rotatable bonds is 5. The lowest BCUT2D eigenvalue weighted by Crippen LogP contribution is -2.35. The summed E-state index contributed by atoms with van der Waals surface area (Å²) in [6, 6.07) is 9.36. The highest BCUT2D eigenvalue weighted by Gasteiger charge is 2.23. The predicted octanol–water partition coefficient (Wildman–Crippen LogP) is 3.39. The number of hydrogen-bond donors (Lipinski definition) is 1. The van der Waals surface area contributed by atoms with E-state index in [0.29, 0.717) is 18.6 Å². The summed E-state index contributed by atoms with van der Waals surface area (Å²) >= 11 is 1.83. The molecule has 1 fully saturated rings. The van der Waals surface area contributed by atoms with E-state index in [2.05, 4.69) is 42.5 Å². The van der Waals surface area contributed by atoms with Crippen LogP contribution in [-0.4, -0.2) is 36.0 Å². The normalized spacial score (nSPS) is 23.8. The van der Waals surface area contributed by atoms with Crippen molar-refractivity contribution < 1.29 is 5.11 Å². The lowest BCUT2D eigenvalue weighted by molar-refractivity contribution is 0.123. The molecule has 0 saturated heterocycles. The summed E-state index contributed by atoms with van der Waals surface area (Å²) in [4.78, 5) is 3.88. The highest BCUT2D eigenvalue weighted by atomic mass is 32.2. The number of aliphatic hydroxyl groups is 1. The van der Waals surface area contributed by atoms with E-state index in [1.54, 1.807) is 0 Å². The molecule has 1 N–H and O–H groups in total. The van der Waals surface area contributed by atoms with Crippen molar-refractivity contribution in [2.45, 2.75) is 43.2 Å². The SMILES string of the molecule is CSc1ccccc1CN(C)C1CCC(CO)CC1. The zero-order chi connectivity index (χ0) is 13.7. The number of aliphatic hydroxyl groups excluding tert-OH is 1. The summed E-state index contributed by atoms with van der Waals surface area (Å²) in [7, 11) is 2.24. The van der Waals surface area contributed by atoms with Crippen molar-refractivity contribution >= 4 is 11.8 Å². The molecular weight excluding hydrogens is 254 g/mol. The van der Waals surface area contributed by atoms with Crippen LogP contribution < -0.4 is 0 Å². The molecule has 0 aliphatic heterocycles. The molecule has 1 aromatic carbocycles. The Hall–Kier alpha value is -0.510. The van der Waals surface area contributed by atoms with Crippen LogP contribution in [0.25, 0.3) is 0 Å². The van der Waals surface area contributed by atoms with E-state index in [1.807, 2.05) is 11.8 Å². The van der Waals surface area contributed by atoms with Gasteiger partial charge in [0.05, 0.1) is 0 Å². The van der Waals surface area contributed by atoms with Gasteiger partial charge in [0.25, 0.3) is 0 Å². The van der Waals surface area contributed by atoms with Crippen LogP contribution in [0.4, 0.5) is 0 Å². The third kappa shape index (κ3) is 3.98. The van der Waals surface area contributed by atoms with Crippen molar-refractivity contribution in [1.82, 2.24) is 4.90 Å². The van der Waals surface area contributed by atoms with E-state index in [1.165, 1.54) is 36.1 Å². The largest absolute Gasteiger partial charge is 0.396 e. The Bertz CT molecular complexity index is 388. The maximum atomic E-state index is 9.20. The van der Waals surface area contributed by atoms with Crippen LogP contribution in [0.15, 0.2) is 29.2 Å². The average Bonchev–Trinajstić information content (AvgIpc) is 2.48. The Morgan fingerprint density at radius 2 is 1.89 bits per heavy atom. The number of thioether (sulfide) groups is 1. The van der Waals surface area contributed by atoms with Gasteiger partial charge in [0, 0.05) is 24.1 Å². The Balaban J connectivity index is 1.92. The van der Waals surface area contributed by atoms with Crippen molar-refractivity contribution in [1.29, 1.82) is 0 Å². The van der Waals surface area contributed by atoms with Crippen LogP contribution in [0.2, 0.25) is 0 Å². The van der Waals surface area contributed by atoms with Crippen LogP contribution in [0.3, 0.4) is 0 Å². The maximum Gasteiger partial charge on any atom is 0.0459 e. The van der Waals surface area contributed by atoms with E-state index in [-0.39, 0.29) is 0 Å². The fraction of sp³-hybridized carbons (Fsp3) is 0.625. The van der Waals surface area contributed by atoms with Crippen molar-refractivity contribution in [2.24, 2.45) is 5.92 Å². The molecule has 1 saturated carbocycles. The molecule has 2 nitrogen and oxygen atoms in total. The third-order valence-corrected chi connectivity index (χ3v) is 5.15. The van der Waals surface area contributed by atoms with Crippen LogP contribution in [0.5, 0.6) is 0 Å². The maximum absolute atomic E-state index is 9.20. The van der Waals surface area contributed by atoms with Gasteiger partial charge in [-0.25, -0.2) is 0 Å². The first kappa shape index (κ1) is 14.9. The molecule has 19 heavy (non-hydrogen) atoms. The van der Waals surface area contributed by atoms with Gasteiger partial charge < -0.3 is 5.11 Å². The van der Waals surface area contributed by atoms with Crippen LogP contribution in [0.1, 0.15) is 31.2 Å². The van der Waals surface area contributed by atoms with Crippen molar-refractivity contribution in [3.05, 3.63) is 29.8 Å². The van der Waals surface area contributed by atoms with E-state index in [9.17, 15) is 5.11 Å². The van der Waals surface area contributed by atoms with E-state index < -0.39 is 0 Å². The third-order valence-electron chi connectivity index (χ3n) is 4.31. The van der Waals surface area contributed by atoms with Gasteiger partial charge in [-0.05, 0) is 56.5 Å². The quantitative estimate of drug-likeness (QED) is 0.836. The molecule has 0 aromatic heterocycles. The summed E-state index contributed by atoms with van der Waals surface area (Å²) in [5.74, 6) is 0.545. The van der Waals surface area contributed by atoms with Gasteiger partial charge in [0.2, 0.25) is 0 Å². The number of hydrogen-bond acceptors (Lipinski definition) is 3. The Morgan fingerprint density at radius 1 is 1.21 bits per heavy atom. The molecule has 1 aliphatic rings. The summed E-state index contributed by atoms with van der Waals surface area (Å²) in [5.41, 5.74) is 1.43. The first-order chi connectivity index (χ1) is 9.24. The first-order valence-electron chi connectivity index (χ1n) is 7.17. The van der Waals surface area contributed by atoms with E-state index >= 15 is 0 Å². The summed E-state index contributed by atoms with van der Waals surface area (Å²) in [6.45, 7) is 1.40. The summed E-state index contributed by atoms with van der Waals surface area (Å²) < 4.78 is 0. The van der Waals surface area contributed by atoms with Crippen molar-refractivity contribution in [2.75, 3.05) is 19.9 Å².